The van der Waals surface area contributed by atoms with Crippen LogP contribution in [0.15, 0.2) is 18.2 Å². The second-order valence-corrected chi connectivity index (χ2v) is 5.04. The summed E-state index contributed by atoms with van der Waals surface area (Å²) in [4.78, 5) is 22.0. The van der Waals surface area contributed by atoms with Gasteiger partial charge in [-0.15, -0.1) is 0 Å². The van der Waals surface area contributed by atoms with Crippen LogP contribution in [0.3, 0.4) is 0 Å². The minimum atomic E-state index is -1.35. The molecule has 0 aliphatic heterocycles. The van der Waals surface area contributed by atoms with Crippen molar-refractivity contribution in [2.24, 2.45) is 0 Å². The third-order valence-electron chi connectivity index (χ3n) is 2.54. The van der Waals surface area contributed by atoms with Crippen LogP contribution in [0.2, 0.25) is 0 Å². The molecule has 1 unspecified atom stereocenters. The van der Waals surface area contributed by atoms with E-state index in [9.17, 15) is 14.0 Å². The molecule has 0 aliphatic rings. The van der Waals surface area contributed by atoms with Gasteiger partial charge in [-0.2, -0.15) is 12.6 Å². The zero-order chi connectivity index (χ0) is 13.9. The predicted octanol–water partition coefficient (Wildman–Crippen LogP) is 2.31. The Labute approximate surface area is 110 Å². The Kier molecular flexibility index (Phi) is 4.34. The van der Waals surface area contributed by atoms with Gasteiger partial charge in [-0.05, 0) is 25.5 Å². The minimum absolute atomic E-state index is 0.368. The molecule has 0 heterocycles. The molecule has 0 aromatic heterocycles. The monoisotopic (exact) mass is 271 g/mol. The van der Waals surface area contributed by atoms with Crippen LogP contribution in [0.1, 0.15) is 41.0 Å². The molecular formula is C12H14FNO3S. The molecule has 1 aromatic rings. The summed E-state index contributed by atoms with van der Waals surface area (Å²) in [5.41, 5.74) is -0.841. The number of carboxylic acid groups (broad SMARTS) is 1. The van der Waals surface area contributed by atoms with Crippen molar-refractivity contribution in [1.82, 2.24) is 5.32 Å². The number of carboxylic acids is 1. The molecule has 1 atom stereocenters. The van der Waals surface area contributed by atoms with E-state index in [1.807, 2.05) is 0 Å². The highest BCUT2D eigenvalue weighted by atomic mass is 32.1. The molecular weight excluding hydrogens is 257 g/mol. The first kappa shape index (κ1) is 14.5. The molecule has 0 spiro atoms. The van der Waals surface area contributed by atoms with Gasteiger partial charge in [0.15, 0.2) is 0 Å². The number of carbonyl (C=O) groups is 2. The molecule has 18 heavy (non-hydrogen) atoms. The lowest BCUT2D eigenvalue weighted by Crippen LogP contribution is -2.41. The number of nitrogens with one attached hydrogen (secondary N) is 1. The zero-order valence-electron chi connectivity index (χ0n) is 10.0. The maximum atomic E-state index is 13.6. The Morgan fingerprint density at radius 3 is 2.61 bits per heavy atom. The third kappa shape index (κ3) is 3.22. The summed E-state index contributed by atoms with van der Waals surface area (Å²) < 4.78 is 13.6. The van der Waals surface area contributed by atoms with E-state index in [1.165, 1.54) is 12.1 Å². The maximum absolute atomic E-state index is 13.6. The van der Waals surface area contributed by atoms with Crippen LogP contribution < -0.4 is 5.32 Å². The Morgan fingerprint density at radius 2 is 2.11 bits per heavy atom. The normalized spacial score (nSPS) is 13.8. The number of aromatic carboxylic acids is 1. The fourth-order valence-corrected chi connectivity index (χ4v) is 1.43. The minimum Gasteiger partial charge on any atom is -0.478 e. The molecule has 0 aliphatic carbocycles. The lowest BCUT2D eigenvalue weighted by molar-refractivity contribution is 0.0689. The highest BCUT2D eigenvalue weighted by molar-refractivity contribution is 7.81. The number of benzene rings is 1. The topological polar surface area (TPSA) is 66.4 Å². The van der Waals surface area contributed by atoms with Crippen molar-refractivity contribution in [3.05, 3.63) is 35.1 Å². The largest absolute Gasteiger partial charge is 0.478 e. The molecule has 1 amide bonds. The number of hydrogen-bond acceptors (Lipinski definition) is 3. The highest BCUT2D eigenvalue weighted by Gasteiger charge is 2.25. The first-order valence-corrected chi connectivity index (χ1v) is 5.80. The molecule has 0 bridgehead atoms. The molecule has 6 heteroatoms. The van der Waals surface area contributed by atoms with Crippen LogP contribution in [0, 0.1) is 5.82 Å². The molecule has 0 fully saturated rings. The van der Waals surface area contributed by atoms with Crippen molar-refractivity contribution in [3.8, 4) is 0 Å². The third-order valence-corrected chi connectivity index (χ3v) is 2.97. The lowest BCUT2D eigenvalue weighted by Gasteiger charge is -2.23. The van der Waals surface area contributed by atoms with Crippen LogP contribution in [0.5, 0.6) is 0 Å². The van der Waals surface area contributed by atoms with Crippen LogP contribution in [-0.4, -0.2) is 21.9 Å². The van der Waals surface area contributed by atoms with Crippen molar-refractivity contribution >= 4 is 24.5 Å². The quantitative estimate of drug-likeness (QED) is 0.581. The van der Waals surface area contributed by atoms with Crippen LogP contribution in [-0.2, 0) is 0 Å². The smallest absolute Gasteiger partial charge is 0.336 e. The summed E-state index contributed by atoms with van der Waals surface area (Å²) >= 11 is 4.19. The first-order valence-electron chi connectivity index (χ1n) is 5.35. The summed E-state index contributed by atoms with van der Waals surface area (Å²) in [7, 11) is 0. The van der Waals surface area contributed by atoms with E-state index in [0.717, 1.165) is 6.07 Å². The van der Waals surface area contributed by atoms with E-state index in [0.29, 0.717) is 6.42 Å². The molecule has 1 rings (SSSR count). The zero-order valence-corrected chi connectivity index (χ0v) is 10.9. The van der Waals surface area contributed by atoms with E-state index < -0.39 is 28.1 Å². The van der Waals surface area contributed by atoms with E-state index in [2.05, 4.69) is 17.9 Å². The molecule has 0 saturated carbocycles. The Bertz CT molecular complexity index is 488. The number of carbonyl (C=O) groups excluding carboxylic acids is 1. The summed E-state index contributed by atoms with van der Waals surface area (Å²) in [5, 5.41) is 11.4. The van der Waals surface area contributed by atoms with Gasteiger partial charge in [-0.1, -0.05) is 13.0 Å². The van der Waals surface area contributed by atoms with Crippen molar-refractivity contribution in [2.45, 2.75) is 25.1 Å². The van der Waals surface area contributed by atoms with Gasteiger partial charge in [0.1, 0.15) is 5.82 Å². The number of thiol groups is 1. The van der Waals surface area contributed by atoms with Crippen LogP contribution >= 0.6 is 12.6 Å². The highest BCUT2D eigenvalue weighted by Crippen LogP contribution is 2.18. The number of rotatable bonds is 4. The van der Waals surface area contributed by atoms with Crippen molar-refractivity contribution < 1.29 is 19.1 Å². The summed E-state index contributed by atoms with van der Waals surface area (Å²) in [5.74, 6) is -3.01. The van der Waals surface area contributed by atoms with E-state index in [1.54, 1.807) is 13.8 Å². The molecule has 1 aromatic carbocycles. The number of halogens is 1. The van der Waals surface area contributed by atoms with Gasteiger partial charge in [-0.3, -0.25) is 4.79 Å². The van der Waals surface area contributed by atoms with Gasteiger partial charge in [0.2, 0.25) is 0 Å². The second-order valence-electron chi connectivity index (χ2n) is 4.05. The van der Waals surface area contributed by atoms with Gasteiger partial charge in [0.25, 0.3) is 5.91 Å². The summed E-state index contributed by atoms with van der Waals surface area (Å²) in [6.07, 6.45) is 0.513. The Morgan fingerprint density at radius 1 is 1.50 bits per heavy atom. The van der Waals surface area contributed by atoms with E-state index in [-0.39, 0.29) is 5.56 Å². The van der Waals surface area contributed by atoms with Gasteiger partial charge in [-0.25, -0.2) is 9.18 Å². The fourth-order valence-electron chi connectivity index (χ4n) is 1.33. The molecule has 0 radical (unpaired) electrons. The molecule has 4 nitrogen and oxygen atoms in total. The summed E-state index contributed by atoms with van der Waals surface area (Å²) in [6, 6.07) is 3.47. The second kappa shape index (κ2) is 5.39. The van der Waals surface area contributed by atoms with Gasteiger partial charge in [0, 0.05) is 0 Å². The maximum Gasteiger partial charge on any atom is 0.336 e. The molecule has 98 valence electrons. The average Bonchev–Trinajstić information content (AvgIpc) is 2.27. The van der Waals surface area contributed by atoms with Gasteiger partial charge in [0.05, 0.1) is 16.0 Å². The molecule has 2 N–H and O–H groups in total. The fraction of sp³-hybridized carbons (Fsp3) is 0.333. The Balaban J connectivity index is 3.17. The van der Waals surface area contributed by atoms with Gasteiger partial charge >= 0.3 is 5.97 Å². The standard InChI is InChI=1S/C12H14FNO3S/c1-3-12(2,18)14-10(15)9-7(11(16)17)5-4-6-8(9)13/h4-6,18H,3H2,1-2H3,(H,14,15)(H,16,17). The molecule has 0 saturated heterocycles. The van der Waals surface area contributed by atoms with Crippen molar-refractivity contribution in [3.63, 3.8) is 0 Å². The van der Waals surface area contributed by atoms with E-state index in [4.69, 9.17) is 5.11 Å². The van der Waals surface area contributed by atoms with Gasteiger partial charge < -0.3 is 10.4 Å². The van der Waals surface area contributed by atoms with E-state index >= 15 is 0 Å². The Hall–Kier alpha value is -1.56. The lowest BCUT2D eigenvalue weighted by atomic mass is 10.1. The average molecular weight is 271 g/mol. The predicted molar refractivity (Wildman–Crippen MR) is 68.5 cm³/mol. The number of amides is 1. The summed E-state index contributed by atoms with van der Waals surface area (Å²) in [6.45, 7) is 3.45. The SMILES string of the molecule is CCC(C)(S)NC(=O)c1c(F)cccc1C(=O)O. The van der Waals surface area contributed by atoms with Crippen molar-refractivity contribution in [2.75, 3.05) is 0 Å². The van der Waals surface area contributed by atoms with Crippen molar-refractivity contribution in [1.29, 1.82) is 0 Å². The van der Waals surface area contributed by atoms with Crippen LogP contribution in [0.4, 0.5) is 4.39 Å². The number of hydrogen-bond donors (Lipinski definition) is 3. The van der Waals surface area contributed by atoms with Crippen LogP contribution in [0.25, 0.3) is 0 Å². The first-order chi connectivity index (χ1) is 8.28.